The van der Waals surface area contributed by atoms with Gasteiger partial charge in [0.15, 0.2) is 0 Å². The van der Waals surface area contributed by atoms with E-state index >= 15 is 0 Å². The van der Waals surface area contributed by atoms with Gasteiger partial charge in [0.2, 0.25) is 0 Å². The topological polar surface area (TPSA) is 33.1 Å². The summed E-state index contributed by atoms with van der Waals surface area (Å²) in [5.41, 5.74) is 1.26. The molecule has 0 aliphatic heterocycles. The molecule has 1 N–H and O–H groups in total. The van der Waals surface area contributed by atoms with Crippen molar-refractivity contribution in [3.8, 4) is 0 Å². The molecular weight excluding hydrogens is 224 g/mol. The highest BCUT2D eigenvalue weighted by Gasteiger charge is 2.07. The second-order valence-corrected chi connectivity index (χ2v) is 5.30. The Balaban J connectivity index is 2.27. The molecule has 0 bridgehead atoms. The van der Waals surface area contributed by atoms with Gasteiger partial charge in [0.05, 0.1) is 12.0 Å². The Morgan fingerprint density at radius 1 is 1.39 bits per heavy atom. The highest BCUT2D eigenvalue weighted by atomic mass is 15.1. The third-order valence-electron chi connectivity index (χ3n) is 3.59. The van der Waals surface area contributed by atoms with Gasteiger partial charge in [-0.2, -0.15) is 0 Å². The molecule has 4 nitrogen and oxygen atoms in total. The van der Waals surface area contributed by atoms with E-state index in [-0.39, 0.29) is 0 Å². The number of hydrogen-bond acceptors (Lipinski definition) is 3. The third-order valence-corrected chi connectivity index (χ3v) is 3.59. The molecule has 4 heteroatoms. The second-order valence-electron chi connectivity index (χ2n) is 5.30. The van der Waals surface area contributed by atoms with E-state index in [9.17, 15) is 0 Å². The van der Waals surface area contributed by atoms with Crippen LogP contribution < -0.4 is 5.32 Å². The van der Waals surface area contributed by atoms with Crippen molar-refractivity contribution in [3.05, 3.63) is 18.2 Å². The average Bonchev–Trinajstić information content (AvgIpc) is 2.81. The van der Waals surface area contributed by atoms with Crippen molar-refractivity contribution in [2.75, 3.05) is 20.1 Å². The summed E-state index contributed by atoms with van der Waals surface area (Å²) in [6.07, 6.45) is 5.06. The van der Waals surface area contributed by atoms with Crippen LogP contribution in [0.3, 0.4) is 0 Å². The lowest BCUT2D eigenvalue weighted by Crippen LogP contribution is -2.35. The molecule has 0 saturated carbocycles. The molecule has 1 unspecified atom stereocenters. The van der Waals surface area contributed by atoms with Gasteiger partial charge < -0.3 is 14.8 Å². The van der Waals surface area contributed by atoms with Gasteiger partial charge in [-0.3, -0.25) is 0 Å². The van der Waals surface area contributed by atoms with Crippen LogP contribution in [-0.2, 0) is 6.54 Å². The maximum absolute atomic E-state index is 4.21. The van der Waals surface area contributed by atoms with Gasteiger partial charge >= 0.3 is 0 Å². The van der Waals surface area contributed by atoms with E-state index < -0.39 is 0 Å². The Morgan fingerprint density at radius 3 is 2.72 bits per heavy atom. The maximum Gasteiger partial charge on any atom is 0.0951 e. The number of likely N-dealkylation sites (N-methyl/N-ethyl adjacent to an activating group) is 1. The predicted octanol–water partition coefficient (Wildman–Crippen LogP) is 2.28. The zero-order chi connectivity index (χ0) is 13.5. The fraction of sp³-hybridized carbons (Fsp3) is 0.786. The molecular formula is C14H28N4. The standard InChI is InChI=1S/C14H28N4/c1-6-13(4)17(5)8-7-15-9-14-10-16-11-18(14)12(2)3/h10-13,15H,6-9H2,1-5H3. The van der Waals surface area contributed by atoms with Crippen LogP contribution in [0.4, 0.5) is 0 Å². The van der Waals surface area contributed by atoms with Crippen LogP contribution in [0.15, 0.2) is 12.5 Å². The lowest BCUT2D eigenvalue weighted by molar-refractivity contribution is 0.251. The molecule has 0 aliphatic carbocycles. The molecule has 0 aliphatic rings. The highest BCUT2D eigenvalue weighted by molar-refractivity contribution is 4.99. The minimum Gasteiger partial charge on any atom is -0.331 e. The normalized spacial score (nSPS) is 13.5. The lowest BCUT2D eigenvalue weighted by Gasteiger charge is -2.23. The van der Waals surface area contributed by atoms with Crippen LogP contribution >= 0.6 is 0 Å². The molecule has 1 rings (SSSR count). The highest BCUT2D eigenvalue weighted by Crippen LogP contribution is 2.08. The summed E-state index contributed by atoms with van der Waals surface area (Å²) in [6, 6.07) is 1.14. The van der Waals surface area contributed by atoms with E-state index in [4.69, 9.17) is 0 Å². The van der Waals surface area contributed by atoms with Gasteiger partial charge in [0.25, 0.3) is 0 Å². The molecule has 1 aromatic heterocycles. The Morgan fingerprint density at radius 2 is 2.11 bits per heavy atom. The first-order valence-electron chi connectivity index (χ1n) is 6.97. The van der Waals surface area contributed by atoms with E-state index in [1.807, 2.05) is 12.5 Å². The quantitative estimate of drug-likeness (QED) is 0.721. The van der Waals surface area contributed by atoms with Gasteiger partial charge in [-0.15, -0.1) is 0 Å². The number of nitrogens with one attached hydrogen (secondary N) is 1. The molecule has 0 fully saturated rings. The first kappa shape index (κ1) is 15.2. The van der Waals surface area contributed by atoms with Crippen molar-refractivity contribution < 1.29 is 0 Å². The molecule has 0 spiro atoms. The van der Waals surface area contributed by atoms with Crippen LogP contribution in [0, 0.1) is 0 Å². The molecule has 0 radical (unpaired) electrons. The maximum atomic E-state index is 4.21. The van der Waals surface area contributed by atoms with Crippen molar-refractivity contribution in [2.45, 2.75) is 52.7 Å². The average molecular weight is 252 g/mol. The summed E-state index contributed by atoms with van der Waals surface area (Å²) >= 11 is 0. The van der Waals surface area contributed by atoms with Crippen molar-refractivity contribution in [1.82, 2.24) is 19.8 Å². The minimum atomic E-state index is 0.479. The van der Waals surface area contributed by atoms with Crippen LogP contribution in [0.5, 0.6) is 0 Å². The van der Waals surface area contributed by atoms with Crippen LogP contribution in [-0.4, -0.2) is 40.6 Å². The van der Waals surface area contributed by atoms with Gasteiger partial charge in [0, 0.05) is 37.9 Å². The third kappa shape index (κ3) is 4.42. The molecule has 1 atom stereocenters. The summed E-state index contributed by atoms with van der Waals surface area (Å²) in [5.74, 6) is 0. The van der Waals surface area contributed by atoms with Gasteiger partial charge in [-0.25, -0.2) is 4.98 Å². The van der Waals surface area contributed by atoms with E-state index in [1.165, 1.54) is 12.1 Å². The summed E-state index contributed by atoms with van der Waals surface area (Å²) in [6.45, 7) is 11.9. The van der Waals surface area contributed by atoms with Gasteiger partial charge in [-0.05, 0) is 34.2 Å². The number of rotatable bonds is 8. The van der Waals surface area contributed by atoms with Gasteiger partial charge in [-0.1, -0.05) is 6.92 Å². The molecule has 104 valence electrons. The summed E-state index contributed by atoms with van der Waals surface area (Å²) in [4.78, 5) is 6.61. The number of nitrogens with zero attached hydrogens (tertiary/aromatic N) is 3. The lowest BCUT2D eigenvalue weighted by atomic mass is 10.2. The fourth-order valence-corrected chi connectivity index (χ4v) is 1.94. The van der Waals surface area contributed by atoms with Crippen molar-refractivity contribution >= 4 is 0 Å². The summed E-state index contributed by atoms with van der Waals surface area (Å²) < 4.78 is 2.21. The summed E-state index contributed by atoms with van der Waals surface area (Å²) in [5, 5.41) is 3.49. The van der Waals surface area contributed by atoms with Crippen LogP contribution in [0.2, 0.25) is 0 Å². The predicted molar refractivity (Wildman–Crippen MR) is 76.7 cm³/mol. The van der Waals surface area contributed by atoms with E-state index in [0.29, 0.717) is 12.1 Å². The van der Waals surface area contributed by atoms with E-state index in [1.54, 1.807) is 0 Å². The second kappa shape index (κ2) is 7.54. The number of aromatic nitrogens is 2. The first-order valence-corrected chi connectivity index (χ1v) is 6.97. The molecule has 0 aromatic carbocycles. The Bertz CT molecular complexity index is 332. The fourth-order valence-electron chi connectivity index (χ4n) is 1.94. The number of hydrogen-bond donors (Lipinski definition) is 1. The molecule has 18 heavy (non-hydrogen) atoms. The molecule has 1 heterocycles. The zero-order valence-electron chi connectivity index (χ0n) is 12.5. The monoisotopic (exact) mass is 252 g/mol. The van der Waals surface area contributed by atoms with Crippen molar-refractivity contribution in [2.24, 2.45) is 0 Å². The number of imidazole rings is 1. The van der Waals surface area contributed by atoms with Crippen LogP contribution in [0.25, 0.3) is 0 Å². The van der Waals surface area contributed by atoms with Crippen molar-refractivity contribution in [1.29, 1.82) is 0 Å². The summed E-state index contributed by atoms with van der Waals surface area (Å²) in [7, 11) is 2.19. The smallest absolute Gasteiger partial charge is 0.0951 e. The largest absolute Gasteiger partial charge is 0.331 e. The SMILES string of the molecule is CCC(C)N(C)CCNCc1cncn1C(C)C. The zero-order valence-corrected chi connectivity index (χ0v) is 12.5. The first-order chi connectivity index (χ1) is 8.56. The van der Waals surface area contributed by atoms with Crippen molar-refractivity contribution in [3.63, 3.8) is 0 Å². The van der Waals surface area contributed by atoms with E-state index in [2.05, 4.69) is 54.5 Å². The molecule has 0 amide bonds. The molecule has 0 saturated heterocycles. The van der Waals surface area contributed by atoms with E-state index in [0.717, 1.165) is 19.6 Å². The van der Waals surface area contributed by atoms with Crippen LogP contribution in [0.1, 0.15) is 45.9 Å². The molecule has 1 aromatic rings. The Kier molecular flexibility index (Phi) is 6.36. The minimum absolute atomic E-state index is 0.479. The van der Waals surface area contributed by atoms with Gasteiger partial charge in [0.1, 0.15) is 0 Å². The Hall–Kier alpha value is -0.870. The Labute approximate surface area is 111 Å².